The minimum atomic E-state index is -0.769. The van der Waals surface area contributed by atoms with Gasteiger partial charge in [-0.15, -0.1) is 0 Å². The van der Waals surface area contributed by atoms with Crippen LogP contribution in [0.4, 0.5) is 5.69 Å². The first kappa shape index (κ1) is 17.1. The van der Waals surface area contributed by atoms with Gasteiger partial charge in [-0.3, -0.25) is 9.59 Å². The number of amides is 1. The standard InChI is InChI=1S/C21H20N2O4/c1-11-12(2)20(24)23-16-10-14(8-9-15(11)16)22-21(25)19-13(3)26-17-6-4-5-7-18(17)27-19/h4-10,13,19H,1-3H3,(H,22,25)(H,23,24). The number of ether oxygens (including phenoxy) is 2. The van der Waals surface area contributed by atoms with E-state index in [0.717, 1.165) is 10.9 Å². The summed E-state index contributed by atoms with van der Waals surface area (Å²) in [5.41, 5.74) is 2.76. The Morgan fingerprint density at radius 1 is 1.04 bits per heavy atom. The maximum absolute atomic E-state index is 12.7. The third-order valence-electron chi connectivity index (χ3n) is 4.94. The average molecular weight is 364 g/mol. The number of H-pyrrole nitrogens is 1. The van der Waals surface area contributed by atoms with Crippen LogP contribution in [-0.4, -0.2) is 23.1 Å². The summed E-state index contributed by atoms with van der Waals surface area (Å²) in [5.74, 6) is 0.871. The predicted molar refractivity (Wildman–Crippen MR) is 104 cm³/mol. The van der Waals surface area contributed by atoms with E-state index in [-0.39, 0.29) is 11.5 Å². The topological polar surface area (TPSA) is 80.4 Å². The van der Waals surface area contributed by atoms with Gasteiger partial charge in [0, 0.05) is 16.6 Å². The Balaban J connectivity index is 1.60. The molecule has 138 valence electrons. The van der Waals surface area contributed by atoms with Crippen molar-refractivity contribution in [1.82, 2.24) is 4.98 Å². The number of aryl methyl sites for hydroxylation is 1. The molecule has 2 atom stereocenters. The molecule has 2 N–H and O–H groups in total. The number of benzene rings is 2. The molecule has 0 spiro atoms. The molecule has 0 saturated carbocycles. The summed E-state index contributed by atoms with van der Waals surface area (Å²) < 4.78 is 11.6. The number of rotatable bonds is 2. The average Bonchev–Trinajstić information content (AvgIpc) is 2.65. The first-order valence-corrected chi connectivity index (χ1v) is 8.80. The lowest BCUT2D eigenvalue weighted by Crippen LogP contribution is -2.46. The van der Waals surface area contributed by atoms with E-state index in [1.165, 1.54) is 0 Å². The van der Waals surface area contributed by atoms with Gasteiger partial charge in [0.25, 0.3) is 11.5 Å². The van der Waals surface area contributed by atoms with Crippen LogP contribution in [0.15, 0.2) is 47.3 Å². The summed E-state index contributed by atoms with van der Waals surface area (Å²) in [6.07, 6.45) is -1.19. The van der Waals surface area contributed by atoms with Crippen molar-refractivity contribution in [2.24, 2.45) is 0 Å². The highest BCUT2D eigenvalue weighted by molar-refractivity contribution is 5.97. The number of carbonyl (C=O) groups is 1. The van der Waals surface area contributed by atoms with Gasteiger partial charge in [0.15, 0.2) is 11.5 Å². The van der Waals surface area contributed by atoms with E-state index >= 15 is 0 Å². The van der Waals surface area contributed by atoms with Gasteiger partial charge in [0.05, 0.1) is 5.52 Å². The molecule has 1 aliphatic rings. The molecule has 6 nitrogen and oxygen atoms in total. The molecule has 2 aromatic carbocycles. The minimum Gasteiger partial charge on any atom is -0.482 e. The molecule has 0 fully saturated rings. The van der Waals surface area contributed by atoms with Crippen molar-refractivity contribution < 1.29 is 14.3 Å². The third-order valence-corrected chi connectivity index (χ3v) is 4.94. The predicted octanol–water partition coefficient (Wildman–Crippen LogP) is 3.31. The Morgan fingerprint density at radius 3 is 2.48 bits per heavy atom. The fourth-order valence-corrected chi connectivity index (χ4v) is 3.26. The maximum atomic E-state index is 12.7. The summed E-state index contributed by atoms with van der Waals surface area (Å²) in [6.45, 7) is 5.50. The molecule has 6 heteroatoms. The van der Waals surface area contributed by atoms with Crippen LogP contribution in [0, 0.1) is 13.8 Å². The Labute approximate surface area is 156 Å². The van der Waals surface area contributed by atoms with E-state index in [4.69, 9.17) is 9.47 Å². The fraction of sp³-hybridized carbons (Fsp3) is 0.238. The second kappa shape index (κ2) is 6.46. The summed E-state index contributed by atoms with van der Waals surface area (Å²) in [6, 6.07) is 12.7. The number of carbonyl (C=O) groups excluding carboxylic acids is 1. The summed E-state index contributed by atoms with van der Waals surface area (Å²) in [7, 11) is 0. The van der Waals surface area contributed by atoms with Gasteiger partial charge in [-0.1, -0.05) is 18.2 Å². The van der Waals surface area contributed by atoms with Gasteiger partial charge in [0.1, 0.15) is 6.10 Å². The quantitative estimate of drug-likeness (QED) is 0.731. The lowest BCUT2D eigenvalue weighted by molar-refractivity contribution is -0.128. The molecule has 0 saturated heterocycles. The van der Waals surface area contributed by atoms with Crippen LogP contribution in [-0.2, 0) is 4.79 Å². The molecular weight excluding hydrogens is 344 g/mol. The van der Waals surface area contributed by atoms with Crippen LogP contribution in [0.5, 0.6) is 11.5 Å². The van der Waals surface area contributed by atoms with Crippen molar-refractivity contribution in [2.75, 3.05) is 5.32 Å². The van der Waals surface area contributed by atoms with Crippen LogP contribution in [0.25, 0.3) is 10.9 Å². The number of aromatic amines is 1. The molecule has 2 heterocycles. The van der Waals surface area contributed by atoms with Gasteiger partial charge in [0.2, 0.25) is 6.10 Å². The van der Waals surface area contributed by atoms with Gasteiger partial charge >= 0.3 is 0 Å². The lowest BCUT2D eigenvalue weighted by Gasteiger charge is -2.31. The van der Waals surface area contributed by atoms with E-state index in [1.54, 1.807) is 26.0 Å². The molecular formula is C21H20N2O4. The second-order valence-electron chi connectivity index (χ2n) is 6.76. The zero-order valence-electron chi connectivity index (χ0n) is 15.3. The number of anilines is 1. The molecule has 1 aliphatic heterocycles. The van der Waals surface area contributed by atoms with Gasteiger partial charge in [-0.2, -0.15) is 0 Å². The van der Waals surface area contributed by atoms with E-state index in [2.05, 4.69) is 10.3 Å². The molecule has 2 unspecified atom stereocenters. The van der Waals surface area contributed by atoms with Gasteiger partial charge in [-0.05, 0) is 50.6 Å². The molecule has 0 bridgehead atoms. The van der Waals surface area contributed by atoms with Crippen molar-refractivity contribution in [3.63, 3.8) is 0 Å². The first-order valence-electron chi connectivity index (χ1n) is 8.80. The monoisotopic (exact) mass is 364 g/mol. The van der Waals surface area contributed by atoms with Crippen LogP contribution in [0.1, 0.15) is 18.1 Å². The van der Waals surface area contributed by atoms with Gasteiger partial charge in [-0.25, -0.2) is 0 Å². The number of hydrogen-bond donors (Lipinski definition) is 2. The summed E-state index contributed by atoms with van der Waals surface area (Å²) in [4.78, 5) is 27.6. The highest BCUT2D eigenvalue weighted by atomic mass is 16.6. The van der Waals surface area contributed by atoms with Crippen molar-refractivity contribution in [1.29, 1.82) is 0 Å². The van der Waals surface area contributed by atoms with Crippen molar-refractivity contribution >= 4 is 22.5 Å². The maximum Gasteiger partial charge on any atom is 0.269 e. The Morgan fingerprint density at radius 2 is 1.74 bits per heavy atom. The molecule has 0 aliphatic carbocycles. The highest BCUT2D eigenvalue weighted by Gasteiger charge is 2.34. The van der Waals surface area contributed by atoms with Crippen molar-refractivity contribution in [3.8, 4) is 11.5 Å². The molecule has 0 radical (unpaired) electrons. The molecule has 3 aromatic rings. The van der Waals surface area contributed by atoms with E-state index in [9.17, 15) is 9.59 Å². The normalized spacial score (nSPS) is 18.3. The first-order chi connectivity index (χ1) is 12.9. The van der Waals surface area contributed by atoms with E-state index in [1.807, 2.05) is 37.3 Å². The zero-order valence-corrected chi connectivity index (χ0v) is 15.3. The van der Waals surface area contributed by atoms with Crippen LogP contribution in [0.3, 0.4) is 0 Å². The number of para-hydroxylation sites is 2. The third kappa shape index (κ3) is 3.03. The summed E-state index contributed by atoms with van der Waals surface area (Å²) in [5, 5.41) is 3.80. The number of aromatic nitrogens is 1. The highest BCUT2D eigenvalue weighted by Crippen LogP contribution is 2.33. The largest absolute Gasteiger partial charge is 0.482 e. The van der Waals surface area contributed by atoms with Crippen molar-refractivity contribution in [3.05, 3.63) is 63.9 Å². The number of fused-ring (bicyclic) bond motifs is 2. The van der Waals surface area contributed by atoms with Crippen molar-refractivity contribution in [2.45, 2.75) is 33.0 Å². The molecule has 4 rings (SSSR count). The fourth-order valence-electron chi connectivity index (χ4n) is 3.26. The van der Waals surface area contributed by atoms with Gasteiger partial charge < -0.3 is 19.8 Å². The lowest BCUT2D eigenvalue weighted by atomic mass is 10.1. The number of nitrogens with one attached hydrogen (secondary N) is 2. The Bertz CT molecular complexity index is 1100. The van der Waals surface area contributed by atoms with E-state index < -0.39 is 12.2 Å². The SMILES string of the molecule is Cc1c(C)c2ccc(NC(=O)C3Oc4ccccc4OC3C)cc2[nH]c1=O. The van der Waals surface area contributed by atoms with Crippen LogP contribution >= 0.6 is 0 Å². The van der Waals surface area contributed by atoms with Crippen LogP contribution < -0.4 is 20.3 Å². The number of pyridine rings is 1. The molecule has 1 amide bonds. The Hall–Kier alpha value is -3.28. The molecule has 1 aromatic heterocycles. The zero-order chi connectivity index (χ0) is 19.1. The summed E-state index contributed by atoms with van der Waals surface area (Å²) >= 11 is 0. The second-order valence-corrected chi connectivity index (χ2v) is 6.76. The molecule has 27 heavy (non-hydrogen) atoms. The van der Waals surface area contributed by atoms with E-state index in [0.29, 0.717) is 28.3 Å². The minimum absolute atomic E-state index is 0.127. The number of hydrogen-bond acceptors (Lipinski definition) is 4. The van der Waals surface area contributed by atoms with Crippen LogP contribution in [0.2, 0.25) is 0 Å². The smallest absolute Gasteiger partial charge is 0.269 e. The Kier molecular flexibility index (Phi) is 4.11.